The fraction of sp³-hybridized carbons (Fsp3) is 0.368. The third kappa shape index (κ3) is 4.17. The summed E-state index contributed by atoms with van der Waals surface area (Å²) in [6.07, 6.45) is 14.3. The van der Waals surface area contributed by atoms with Crippen molar-refractivity contribution in [1.82, 2.24) is 15.2 Å². The lowest BCUT2D eigenvalue weighted by Crippen LogP contribution is -2.29. The Kier molecular flexibility index (Phi) is 5.03. The molecule has 0 spiro atoms. The molecule has 1 amide bonds. The van der Waals surface area contributed by atoms with E-state index in [0.29, 0.717) is 18.2 Å². The number of likely N-dealkylation sites (N-methyl/N-ethyl adjacent to an activating group) is 1. The van der Waals surface area contributed by atoms with Crippen LogP contribution in [0.5, 0.6) is 0 Å². The number of rotatable bonds is 4. The third-order valence-corrected chi connectivity index (χ3v) is 4.37. The van der Waals surface area contributed by atoms with Crippen LogP contribution in [-0.4, -0.2) is 42.5 Å². The van der Waals surface area contributed by atoms with Gasteiger partial charge in [-0.3, -0.25) is 9.78 Å². The molecule has 0 saturated carbocycles. The Hall–Kier alpha value is -2.20. The molecule has 1 aromatic heterocycles. The van der Waals surface area contributed by atoms with Crippen molar-refractivity contribution in [1.29, 1.82) is 0 Å². The number of pyridine rings is 1. The molecule has 2 heterocycles. The first-order valence-electron chi connectivity index (χ1n) is 8.18. The molecular weight excluding hydrogens is 286 g/mol. The molecule has 1 unspecified atom stereocenters. The van der Waals surface area contributed by atoms with Gasteiger partial charge in [-0.25, -0.2) is 0 Å². The van der Waals surface area contributed by atoms with Crippen LogP contribution in [0.1, 0.15) is 28.9 Å². The van der Waals surface area contributed by atoms with Crippen LogP contribution in [0.4, 0.5) is 0 Å². The predicted octanol–water partition coefficient (Wildman–Crippen LogP) is 2.66. The second-order valence-electron chi connectivity index (χ2n) is 6.19. The predicted molar refractivity (Wildman–Crippen MR) is 93.0 cm³/mol. The number of nitrogens with zero attached hydrogens (tertiary/aromatic N) is 2. The quantitative estimate of drug-likeness (QED) is 0.930. The standard InChI is InChI=1S/C19H23N3O/c1-22-11-8-16(9-12-22)17-7-10-20-18(13-17)19(23)21-14-15-5-3-2-4-6-15/h2-5,7-8,10,13,15H,6,9,11-12,14H2,1H3,(H,21,23). The van der Waals surface area contributed by atoms with Crippen molar-refractivity contribution in [3.63, 3.8) is 0 Å². The zero-order valence-electron chi connectivity index (χ0n) is 13.5. The lowest BCUT2D eigenvalue weighted by atomic mass is 9.99. The molecule has 120 valence electrons. The smallest absolute Gasteiger partial charge is 0.269 e. The van der Waals surface area contributed by atoms with E-state index in [1.807, 2.05) is 24.3 Å². The summed E-state index contributed by atoms with van der Waals surface area (Å²) in [4.78, 5) is 18.8. The topological polar surface area (TPSA) is 45.2 Å². The second-order valence-corrected chi connectivity index (χ2v) is 6.19. The Balaban J connectivity index is 1.63. The minimum atomic E-state index is -0.0941. The van der Waals surface area contributed by atoms with Crippen molar-refractivity contribution in [3.05, 3.63) is 60.0 Å². The molecule has 1 aliphatic heterocycles. The number of amides is 1. The van der Waals surface area contributed by atoms with Crippen LogP contribution in [0.25, 0.3) is 5.57 Å². The molecule has 1 atom stereocenters. The van der Waals surface area contributed by atoms with Gasteiger partial charge in [-0.2, -0.15) is 0 Å². The first-order chi connectivity index (χ1) is 11.2. The van der Waals surface area contributed by atoms with E-state index in [1.165, 1.54) is 5.57 Å². The minimum Gasteiger partial charge on any atom is -0.350 e. The molecule has 0 saturated heterocycles. The van der Waals surface area contributed by atoms with Crippen LogP contribution in [0.2, 0.25) is 0 Å². The minimum absolute atomic E-state index is 0.0941. The first-order valence-corrected chi connectivity index (χ1v) is 8.18. The average Bonchev–Trinajstić information content (AvgIpc) is 2.61. The number of hydrogen-bond donors (Lipinski definition) is 1. The summed E-state index contributed by atoms with van der Waals surface area (Å²) >= 11 is 0. The Morgan fingerprint density at radius 2 is 2.35 bits per heavy atom. The number of nitrogens with one attached hydrogen (secondary N) is 1. The van der Waals surface area contributed by atoms with Crippen molar-refractivity contribution in [2.24, 2.45) is 5.92 Å². The molecule has 3 rings (SSSR count). The first kappa shape index (κ1) is 15.7. The van der Waals surface area contributed by atoms with Gasteiger partial charge >= 0.3 is 0 Å². The third-order valence-electron chi connectivity index (χ3n) is 4.37. The van der Waals surface area contributed by atoms with E-state index in [9.17, 15) is 4.79 Å². The fourth-order valence-electron chi connectivity index (χ4n) is 2.88. The Labute approximate surface area is 137 Å². The van der Waals surface area contributed by atoms with Crippen molar-refractivity contribution in [3.8, 4) is 0 Å². The lowest BCUT2D eigenvalue weighted by molar-refractivity contribution is 0.0944. The monoisotopic (exact) mass is 309 g/mol. The van der Waals surface area contributed by atoms with Crippen molar-refractivity contribution >= 4 is 11.5 Å². The van der Waals surface area contributed by atoms with Gasteiger partial charge in [-0.1, -0.05) is 30.4 Å². The van der Waals surface area contributed by atoms with Gasteiger partial charge < -0.3 is 10.2 Å². The number of allylic oxidation sites excluding steroid dienone is 3. The number of aromatic nitrogens is 1. The molecule has 0 fully saturated rings. The van der Waals surface area contributed by atoms with Crippen molar-refractivity contribution < 1.29 is 4.79 Å². The Morgan fingerprint density at radius 1 is 1.43 bits per heavy atom. The van der Waals surface area contributed by atoms with E-state index in [2.05, 4.69) is 40.5 Å². The number of hydrogen-bond acceptors (Lipinski definition) is 3. The van der Waals surface area contributed by atoms with Gasteiger partial charge in [0.25, 0.3) is 5.91 Å². The van der Waals surface area contributed by atoms with Crippen LogP contribution in [0, 0.1) is 5.92 Å². The van der Waals surface area contributed by atoms with E-state index >= 15 is 0 Å². The van der Waals surface area contributed by atoms with Crippen molar-refractivity contribution in [2.45, 2.75) is 12.8 Å². The molecule has 1 aromatic rings. The molecule has 23 heavy (non-hydrogen) atoms. The molecule has 0 radical (unpaired) electrons. The molecule has 4 nitrogen and oxygen atoms in total. The molecule has 2 aliphatic rings. The van der Waals surface area contributed by atoms with E-state index in [1.54, 1.807) is 6.20 Å². The van der Waals surface area contributed by atoms with Crippen LogP contribution in [0.3, 0.4) is 0 Å². The van der Waals surface area contributed by atoms with Crippen molar-refractivity contribution in [2.75, 3.05) is 26.7 Å². The summed E-state index contributed by atoms with van der Waals surface area (Å²) in [5, 5.41) is 2.99. The van der Waals surface area contributed by atoms with E-state index < -0.39 is 0 Å². The van der Waals surface area contributed by atoms with E-state index in [4.69, 9.17) is 0 Å². The van der Waals surface area contributed by atoms with Crippen LogP contribution < -0.4 is 5.32 Å². The van der Waals surface area contributed by atoms with Gasteiger partial charge in [0.2, 0.25) is 0 Å². The van der Waals surface area contributed by atoms with E-state index in [-0.39, 0.29) is 5.91 Å². The van der Waals surface area contributed by atoms with Crippen LogP contribution in [0.15, 0.2) is 48.7 Å². The zero-order chi connectivity index (χ0) is 16.1. The largest absolute Gasteiger partial charge is 0.350 e. The molecule has 4 heteroatoms. The summed E-state index contributed by atoms with van der Waals surface area (Å²) < 4.78 is 0. The normalized spacial score (nSPS) is 21.1. The Morgan fingerprint density at radius 3 is 3.09 bits per heavy atom. The molecular formula is C19H23N3O. The molecule has 0 aromatic carbocycles. The highest BCUT2D eigenvalue weighted by atomic mass is 16.1. The summed E-state index contributed by atoms with van der Waals surface area (Å²) in [7, 11) is 2.12. The maximum absolute atomic E-state index is 12.3. The van der Waals surface area contributed by atoms with Gasteiger partial charge in [-0.05, 0) is 49.1 Å². The highest BCUT2D eigenvalue weighted by Crippen LogP contribution is 2.22. The van der Waals surface area contributed by atoms with Gasteiger partial charge in [0, 0.05) is 25.8 Å². The zero-order valence-corrected chi connectivity index (χ0v) is 13.5. The number of carbonyl (C=O) groups is 1. The maximum Gasteiger partial charge on any atom is 0.269 e. The molecule has 0 bridgehead atoms. The summed E-state index contributed by atoms with van der Waals surface area (Å²) in [6, 6.07) is 3.89. The summed E-state index contributed by atoms with van der Waals surface area (Å²) in [6.45, 7) is 2.66. The number of carbonyl (C=O) groups excluding carboxylic acids is 1. The Bertz CT molecular complexity index is 660. The summed E-state index contributed by atoms with van der Waals surface area (Å²) in [5.74, 6) is 0.284. The SMILES string of the molecule is CN1CC=C(c2ccnc(C(=O)NCC3C=CC=CC3)c2)CC1. The molecule has 1 aliphatic carbocycles. The summed E-state index contributed by atoms with van der Waals surface area (Å²) in [5.41, 5.74) is 2.91. The second kappa shape index (κ2) is 7.38. The highest BCUT2D eigenvalue weighted by molar-refractivity contribution is 5.93. The van der Waals surface area contributed by atoms with Gasteiger partial charge in [0.05, 0.1) is 0 Å². The van der Waals surface area contributed by atoms with E-state index in [0.717, 1.165) is 31.5 Å². The van der Waals surface area contributed by atoms with Crippen LogP contribution in [-0.2, 0) is 0 Å². The average molecular weight is 309 g/mol. The van der Waals surface area contributed by atoms with Crippen LogP contribution >= 0.6 is 0 Å². The fourth-order valence-corrected chi connectivity index (χ4v) is 2.88. The highest BCUT2D eigenvalue weighted by Gasteiger charge is 2.14. The van der Waals surface area contributed by atoms with Gasteiger partial charge in [0.15, 0.2) is 0 Å². The van der Waals surface area contributed by atoms with Gasteiger partial charge in [-0.15, -0.1) is 0 Å². The lowest BCUT2D eigenvalue weighted by Gasteiger charge is -2.22. The van der Waals surface area contributed by atoms with Gasteiger partial charge in [0.1, 0.15) is 5.69 Å². The molecule has 1 N–H and O–H groups in total. The maximum atomic E-state index is 12.3.